The molecule has 0 fully saturated rings. The third kappa shape index (κ3) is 3.15. The molecule has 5 heteroatoms. The van der Waals surface area contributed by atoms with Crippen LogP contribution in [0.4, 0.5) is 5.69 Å². The molecule has 0 saturated heterocycles. The van der Waals surface area contributed by atoms with Gasteiger partial charge in [0.15, 0.2) is 11.5 Å². The van der Waals surface area contributed by atoms with Crippen LogP contribution in [0.2, 0.25) is 0 Å². The first-order valence-corrected chi connectivity index (χ1v) is 7.10. The largest absolute Gasteiger partial charge is 0.486 e. The summed E-state index contributed by atoms with van der Waals surface area (Å²) in [5, 5.41) is 3.21. The molecule has 1 N–H and O–H groups in total. The van der Waals surface area contributed by atoms with Crippen molar-refractivity contribution in [3.05, 3.63) is 18.2 Å². The van der Waals surface area contributed by atoms with E-state index in [0.717, 1.165) is 30.3 Å². The number of nitrogens with one attached hydrogen (secondary N) is 1. The summed E-state index contributed by atoms with van der Waals surface area (Å²) in [6.45, 7) is 8.43. The Bertz CT molecular complexity index is 472. The summed E-state index contributed by atoms with van der Waals surface area (Å²) in [5.41, 5.74) is 0.863. The molecule has 1 amide bonds. The predicted molar refractivity (Wildman–Crippen MR) is 78.4 cm³/mol. The zero-order valence-electron chi connectivity index (χ0n) is 12.3. The average molecular weight is 278 g/mol. The maximum Gasteiger partial charge on any atom is 0.244 e. The van der Waals surface area contributed by atoms with Crippen LogP contribution < -0.4 is 14.8 Å². The number of carbonyl (C=O) groups is 1. The minimum Gasteiger partial charge on any atom is -0.486 e. The summed E-state index contributed by atoms with van der Waals surface area (Å²) in [6, 6.07) is 5.38. The van der Waals surface area contributed by atoms with E-state index in [9.17, 15) is 4.79 Å². The number of fused-ring (bicyclic) bond motifs is 1. The topological polar surface area (TPSA) is 50.8 Å². The van der Waals surface area contributed by atoms with E-state index < -0.39 is 0 Å². The van der Waals surface area contributed by atoms with Gasteiger partial charge in [0, 0.05) is 24.8 Å². The van der Waals surface area contributed by atoms with Crippen LogP contribution >= 0.6 is 0 Å². The highest BCUT2D eigenvalue weighted by Crippen LogP contribution is 2.32. The first kappa shape index (κ1) is 14.5. The molecule has 2 rings (SSSR count). The summed E-state index contributed by atoms with van der Waals surface area (Å²) in [5.74, 6) is 1.58. The summed E-state index contributed by atoms with van der Waals surface area (Å²) >= 11 is 0. The molecule has 1 atom stereocenters. The Kier molecular flexibility index (Phi) is 4.71. The number of hydrogen-bond acceptors (Lipinski definition) is 4. The van der Waals surface area contributed by atoms with Gasteiger partial charge in [-0.25, -0.2) is 0 Å². The fourth-order valence-corrected chi connectivity index (χ4v) is 2.25. The number of likely N-dealkylation sites (N-methyl/N-ethyl adjacent to an activating group) is 1. The molecule has 1 unspecified atom stereocenters. The molecule has 0 aliphatic carbocycles. The van der Waals surface area contributed by atoms with Gasteiger partial charge in [-0.05, 0) is 32.9 Å². The van der Waals surface area contributed by atoms with E-state index in [2.05, 4.69) is 5.32 Å². The van der Waals surface area contributed by atoms with Crippen molar-refractivity contribution in [3.8, 4) is 11.5 Å². The summed E-state index contributed by atoms with van der Waals surface area (Å²) in [6.07, 6.45) is 0. The van der Waals surface area contributed by atoms with E-state index in [-0.39, 0.29) is 11.9 Å². The van der Waals surface area contributed by atoms with E-state index in [0.29, 0.717) is 13.2 Å². The van der Waals surface area contributed by atoms with Crippen molar-refractivity contribution in [1.82, 2.24) is 4.90 Å². The number of ether oxygens (including phenoxy) is 2. The van der Waals surface area contributed by atoms with Gasteiger partial charge in [-0.3, -0.25) is 4.79 Å². The van der Waals surface area contributed by atoms with E-state index in [1.54, 1.807) is 0 Å². The van der Waals surface area contributed by atoms with Gasteiger partial charge in [-0.2, -0.15) is 0 Å². The molecule has 5 nitrogen and oxygen atoms in total. The third-order valence-corrected chi connectivity index (χ3v) is 3.37. The standard InChI is InChI=1S/C15H22N2O3/c1-4-17(5-2)15(18)11(3)16-12-6-7-13-14(10-12)20-9-8-19-13/h6-7,10-11,16H,4-5,8-9H2,1-3H3. The Morgan fingerprint density at radius 2 is 1.90 bits per heavy atom. The minimum absolute atomic E-state index is 0.102. The quantitative estimate of drug-likeness (QED) is 0.896. The molecule has 1 aromatic rings. The first-order chi connectivity index (χ1) is 9.65. The van der Waals surface area contributed by atoms with E-state index in [1.807, 2.05) is 43.9 Å². The number of benzene rings is 1. The van der Waals surface area contributed by atoms with Gasteiger partial charge in [0.1, 0.15) is 19.3 Å². The van der Waals surface area contributed by atoms with Crippen molar-refractivity contribution < 1.29 is 14.3 Å². The second-order valence-electron chi connectivity index (χ2n) is 4.73. The molecular formula is C15H22N2O3. The molecule has 0 aromatic heterocycles. The Morgan fingerprint density at radius 3 is 2.55 bits per heavy atom. The van der Waals surface area contributed by atoms with Crippen LogP contribution in [0.25, 0.3) is 0 Å². The lowest BCUT2D eigenvalue weighted by Crippen LogP contribution is -2.41. The van der Waals surface area contributed by atoms with E-state index in [4.69, 9.17) is 9.47 Å². The van der Waals surface area contributed by atoms with E-state index >= 15 is 0 Å². The SMILES string of the molecule is CCN(CC)C(=O)C(C)Nc1ccc2c(c1)OCCO2. The molecule has 0 bridgehead atoms. The molecule has 0 spiro atoms. The van der Waals surface area contributed by atoms with Crippen LogP contribution in [-0.4, -0.2) is 43.2 Å². The van der Waals surface area contributed by atoms with Crippen molar-refractivity contribution in [2.75, 3.05) is 31.6 Å². The van der Waals surface area contributed by atoms with Crippen LogP contribution in [-0.2, 0) is 4.79 Å². The number of amides is 1. The Hall–Kier alpha value is -1.91. The predicted octanol–water partition coefficient (Wildman–Crippen LogP) is 2.13. The number of anilines is 1. The van der Waals surface area contributed by atoms with Crippen molar-refractivity contribution in [2.45, 2.75) is 26.8 Å². The molecular weight excluding hydrogens is 256 g/mol. The van der Waals surface area contributed by atoms with Gasteiger partial charge in [-0.1, -0.05) is 0 Å². The number of nitrogens with zero attached hydrogens (tertiary/aromatic N) is 1. The minimum atomic E-state index is -0.266. The zero-order valence-corrected chi connectivity index (χ0v) is 12.3. The smallest absolute Gasteiger partial charge is 0.244 e. The molecule has 1 heterocycles. The lowest BCUT2D eigenvalue weighted by atomic mass is 10.2. The van der Waals surface area contributed by atoms with Crippen LogP contribution in [0, 0.1) is 0 Å². The lowest BCUT2D eigenvalue weighted by molar-refractivity contribution is -0.131. The van der Waals surface area contributed by atoms with Crippen LogP contribution in [0.1, 0.15) is 20.8 Å². The maximum atomic E-state index is 12.2. The fraction of sp³-hybridized carbons (Fsp3) is 0.533. The molecule has 1 aliphatic rings. The van der Waals surface area contributed by atoms with Gasteiger partial charge >= 0.3 is 0 Å². The normalized spacial score (nSPS) is 14.6. The molecule has 20 heavy (non-hydrogen) atoms. The highest BCUT2D eigenvalue weighted by molar-refractivity contribution is 5.84. The molecule has 0 saturated carbocycles. The first-order valence-electron chi connectivity index (χ1n) is 7.10. The molecule has 1 aromatic carbocycles. The number of hydrogen-bond donors (Lipinski definition) is 1. The van der Waals surface area contributed by atoms with Gasteiger partial charge in [-0.15, -0.1) is 0 Å². The number of carbonyl (C=O) groups excluding carboxylic acids is 1. The number of rotatable bonds is 5. The summed E-state index contributed by atoms with van der Waals surface area (Å²) in [4.78, 5) is 14.0. The highest BCUT2D eigenvalue weighted by Gasteiger charge is 2.19. The van der Waals surface area contributed by atoms with Gasteiger partial charge in [0.25, 0.3) is 0 Å². The zero-order chi connectivity index (χ0) is 14.5. The molecule has 0 radical (unpaired) electrons. The van der Waals surface area contributed by atoms with Crippen molar-refractivity contribution >= 4 is 11.6 Å². The summed E-state index contributed by atoms with van der Waals surface area (Å²) in [7, 11) is 0. The van der Waals surface area contributed by atoms with Crippen molar-refractivity contribution in [1.29, 1.82) is 0 Å². The maximum absolute atomic E-state index is 12.2. The Morgan fingerprint density at radius 1 is 1.25 bits per heavy atom. The van der Waals surface area contributed by atoms with Crippen LogP contribution in [0.15, 0.2) is 18.2 Å². The summed E-state index contributed by atoms with van der Waals surface area (Å²) < 4.78 is 11.0. The van der Waals surface area contributed by atoms with Gasteiger partial charge < -0.3 is 19.7 Å². The second-order valence-corrected chi connectivity index (χ2v) is 4.73. The lowest BCUT2D eigenvalue weighted by Gasteiger charge is -2.25. The van der Waals surface area contributed by atoms with Crippen molar-refractivity contribution in [2.24, 2.45) is 0 Å². The second kappa shape index (κ2) is 6.50. The average Bonchev–Trinajstić information content (AvgIpc) is 2.48. The third-order valence-electron chi connectivity index (χ3n) is 3.37. The van der Waals surface area contributed by atoms with E-state index in [1.165, 1.54) is 0 Å². The Balaban J connectivity index is 2.04. The van der Waals surface area contributed by atoms with Gasteiger partial charge in [0.2, 0.25) is 5.91 Å². The highest BCUT2D eigenvalue weighted by atomic mass is 16.6. The Labute approximate surface area is 119 Å². The van der Waals surface area contributed by atoms with Crippen LogP contribution in [0.5, 0.6) is 11.5 Å². The van der Waals surface area contributed by atoms with Gasteiger partial charge in [0.05, 0.1) is 0 Å². The van der Waals surface area contributed by atoms with Crippen molar-refractivity contribution in [3.63, 3.8) is 0 Å². The fourth-order valence-electron chi connectivity index (χ4n) is 2.25. The molecule has 110 valence electrons. The van der Waals surface area contributed by atoms with Crippen LogP contribution in [0.3, 0.4) is 0 Å². The monoisotopic (exact) mass is 278 g/mol. The molecule has 1 aliphatic heterocycles.